The van der Waals surface area contributed by atoms with Gasteiger partial charge in [-0.3, -0.25) is 9.59 Å². The minimum Gasteiger partial charge on any atom is -0.350 e. The number of benzene rings is 1. The van der Waals surface area contributed by atoms with Crippen LogP contribution in [0.4, 0.5) is 0 Å². The van der Waals surface area contributed by atoms with E-state index < -0.39 is 0 Å². The third kappa shape index (κ3) is 4.69. The number of carbonyl (C=O) groups is 2. The lowest BCUT2D eigenvalue weighted by Crippen LogP contribution is -2.38. The Balaban J connectivity index is 0.00000192. The molecule has 1 atom stereocenters. The number of carbonyl (C=O) groups excluding carboxylic acids is 2. The van der Waals surface area contributed by atoms with Crippen LogP contribution < -0.4 is 11.1 Å². The summed E-state index contributed by atoms with van der Waals surface area (Å²) in [5.74, 6) is 0.719. The van der Waals surface area contributed by atoms with Gasteiger partial charge in [0, 0.05) is 37.7 Å². The van der Waals surface area contributed by atoms with E-state index >= 15 is 0 Å². The van der Waals surface area contributed by atoms with E-state index in [4.69, 9.17) is 5.73 Å². The number of hydrogen-bond donors (Lipinski definition) is 2. The second-order valence-electron chi connectivity index (χ2n) is 6.33. The van der Waals surface area contributed by atoms with Gasteiger partial charge in [0.25, 0.3) is 5.91 Å². The van der Waals surface area contributed by atoms with Gasteiger partial charge in [-0.05, 0) is 42.9 Å². The van der Waals surface area contributed by atoms with Gasteiger partial charge < -0.3 is 16.0 Å². The second kappa shape index (κ2) is 7.79. The van der Waals surface area contributed by atoms with Gasteiger partial charge in [-0.2, -0.15) is 0 Å². The van der Waals surface area contributed by atoms with Gasteiger partial charge in [0.2, 0.25) is 5.91 Å². The summed E-state index contributed by atoms with van der Waals surface area (Å²) >= 11 is 0. The van der Waals surface area contributed by atoms with E-state index in [1.54, 1.807) is 0 Å². The van der Waals surface area contributed by atoms with Gasteiger partial charge in [-0.15, -0.1) is 12.4 Å². The van der Waals surface area contributed by atoms with Crippen LogP contribution in [-0.4, -0.2) is 35.8 Å². The van der Waals surface area contributed by atoms with E-state index in [0.717, 1.165) is 18.5 Å². The fourth-order valence-electron chi connectivity index (χ4n) is 2.86. The minimum atomic E-state index is -0.0834. The topological polar surface area (TPSA) is 75.4 Å². The van der Waals surface area contributed by atoms with Gasteiger partial charge in [-0.25, -0.2) is 0 Å². The van der Waals surface area contributed by atoms with Crippen molar-refractivity contribution < 1.29 is 9.59 Å². The van der Waals surface area contributed by atoms with Crippen molar-refractivity contribution >= 4 is 24.2 Å². The third-order valence-electron chi connectivity index (χ3n) is 4.49. The maximum Gasteiger partial charge on any atom is 0.251 e. The molecular weight excluding hydrogens is 314 g/mol. The Hall–Kier alpha value is -1.59. The van der Waals surface area contributed by atoms with Gasteiger partial charge >= 0.3 is 0 Å². The van der Waals surface area contributed by atoms with Crippen LogP contribution >= 0.6 is 12.4 Å². The van der Waals surface area contributed by atoms with E-state index in [9.17, 15) is 9.59 Å². The Kier molecular flexibility index (Phi) is 6.02. The number of likely N-dealkylation sites (tertiary alicyclic amines) is 1. The Morgan fingerprint density at radius 1 is 1.30 bits per heavy atom. The van der Waals surface area contributed by atoms with Gasteiger partial charge in [0.05, 0.1) is 0 Å². The van der Waals surface area contributed by atoms with Crippen LogP contribution in [0.3, 0.4) is 0 Å². The van der Waals surface area contributed by atoms with Crippen molar-refractivity contribution in [2.45, 2.75) is 38.3 Å². The van der Waals surface area contributed by atoms with E-state index in [1.165, 1.54) is 12.8 Å². The lowest BCUT2D eigenvalue weighted by molar-refractivity contribution is -0.128. The zero-order valence-electron chi connectivity index (χ0n) is 13.2. The van der Waals surface area contributed by atoms with Crippen LogP contribution in [0, 0.1) is 5.92 Å². The highest BCUT2D eigenvalue weighted by atomic mass is 35.5. The van der Waals surface area contributed by atoms with Crippen LogP contribution in [0.1, 0.15) is 41.6 Å². The fourth-order valence-corrected chi connectivity index (χ4v) is 2.86. The average Bonchev–Trinajstić information content (AvgIpc) is 3.30. The number of hydrogen-bond acceptors (Lipinski definition) is 3. The number of amides is 2. The normalized spacial score (nSPS) is 18.5. The quantitative estimate of drug-likeness (QED) is 0.829. The van der Waals surface area contributed by atoms with Crippen molar-refractivity contribution in [3.63, 3.8) is 0 Å². The third-order valence-corrected chi connectivity index (χ3v) is 4.49. The summed E-state index contributed by atoms with van der Waals surface area (Å²) in [6, 6.07) is 7.54. The summed E-state index contributed by atoms with van der Waals surface area (Å²) < 4.78 is 0. The predicted octanol–water partition coefficient (Wildman–Crippen LogP) is 1.70. The van der Waals surface area contributed by atoms with Crippen LogP contribution in [0.2, 0.25) is 0 Å². The molecule has 1 aliphatic carbocycles. The number of halogens is 1. The molecule has 2 amide bonds. The first-order valence-corrected chi connectivity index (χ1v) is 8.04. The molecule has 1 unspecified atom stereocenters. The summed E-state index contributed by atoms with van der Waals surface area (Å²) in [4.78, 5) is 25.5. The van der Waals surface area contributed by atoms with Gasteiger partial charge in [0.15, 0.2) is 0 Å². The van der Waals surface area contributed by atoms with Crippen molar-refractivity contribution in [3.05, 3.63) is 35.4 Å². The number of nitrogens with one attached hydrogen (secondary N) is 1. The van der Waals surface area contributed by atoms with Crippen LogP contribution in [0.25, 0.3) is 0 Å². The zero-order valence-corrected chi connectivity index (χ0v) is 14.0. The molecule has 3 rings (SSSR count). The molecule has 6 heteroatoms. The van der Waals surface area contributed by atoms with E-state index in [-0.39, 0.29) is 30.3 Å². The van der Waals surface area contributed by atoms with Crippen molar-refractivity contribution in [2.24, 2.45) is 11.7 Å². The summed E-state index contributed by atoms with van der Waals surface area (Å²) in [7, 11) is 0. The van der Waals surface area contributed by atoms with Crippen LogP contribution in [0.5, 0.6) is 0 Å². The average molecular weight is 338 g/mol. The van der Waals surface area contributed by atoms with Crippen molar-refractivity contribution in [3.8, 4) is 0 Å². The maximum atomic E-state index is 12.1. The standard InChI is InChI=1S/C17H23N3O2.ClH/c18-15(13-7-8-13)10-19-17(22)14-5-3-12(4-6-14)11-20-9-1-2-16(20)21;/h3-6,13,15H,1-2,7-11,18H2,(H,19,22);1H. The highest BCUT2D eigenvalue weighted by Gasteiger charge is 2.28. The minimum absolute atomic E-state index is 0. The molecule has 126 valence electrons. The molecule has 1 aromatic rings. The van der Waals surface area contributed by atoms with Gasteiger partial charge in [-0.1, -0.05) is 12.1 Å². The summed E-state index contributed by atoms with van der Waals surface area (Å²) in [5.41, 5.74) is 7.68. The molecule has 0 aromatic heterocycles. The number of rotatable bonds is 6. The molecule has 1 saturated heterocycles. The Bertz CT molecular complexity index is 557. The molecule has 2 aliphatic rings. The summed E-state index contributed by atoms with van der Waals surface area (Å²) in [6.45, 7) is 2.00. The fraction of sp³-hybridized carbons (Fsp3) is 0.529. The number of nitrogens with two attached hydrogens (primary N) is 1. The molecule has 2 fully saturated rings. The molecule has 1 heterocycles. The van der Waals surface area contributed by atoms with Crippen molar-refractivity contribution in [2.75, 3.05) is 13.1 Å². The van der Waals surface area contributed by atoms with E-state index in [0.29, 0.717) is 31.0 Å². The van der Waals surface area contributed by atoms with Gasteiger partial charge in [0.1, 0.15) is 0 Å². The van der Waals surface area contributed by atoms with E-state index in [1.807, 2.05) is 29.2 Å². The molecule has 5 nitrogen and oxygen atoms in total. The molecule has 0 bridgehead atoms. The lowest BCUT2D eigenvalue weighted by atomic mass is 10.1. The predicted molar refractivity (Wildman–Crippen MR) is 91.4 cm³/mol. The summed E-state index contributed by atoms with van der Waals surface area (Å²) in [6.07, 6.45) is 3.96. The molecule has 3 N–H and O–H groups in total. The molecular formula is C17H24ClN3O2. The van der Waals surface area contributed by atoms with Crippen LogP contribution in [-0.2, 0) is 11.3 Å². The summed E-state index contributed by atoms with van der Waals surface area (Å²) in [5, 5.41) is 2.89. The second-order valence-corrected chi connectivity index (χ2v) is 6.33. The lowest BCUT2D eigenvalue weighted by Gasteiger charge is -2.16. The first kappa shape index (κ1) is 17.8. The molecule has 1 aliphatic heterocycles. The SMILES string of the molecule is Cl.NC(CNC(=O)c1ccc(CN2CCCC2=O)cc1)C1CC1. The Labute approximate surface area is 143 Å². The van der Waals surface area contributed by atoms with Crippen molar-refractivity contribution in [1.82, 2.24) is 10.2 Å². The van der Waals surface area contributed by atoms with Crippen molar-refractivity contribution in [1.29, 1.82) is 0 Å². The smallest absolute Gasteiger partial charge is 0.251 e. The highest BCUT2D eigenvalue weighted by molar-refractivity contribution is 5.94. The zero-order chi connectivity index (χ0) is 15.5. The molecule has 0 radical (unpaired) electrons. The highest BCUT2D eigenvalue weighted by Crippen LogP contribution is 2.31. The number of nitrogens with zero attached hydrogens (tertiary/aromatic N) is 1. The first-order chi connectivity index (χ1) is 10.6. The largest absolute Gasteiger partial charge is 0.350 e. The van der Waals surface area contributed by atoms with E-state index in [2.05, 4.69) is 5.32 Å². The molecule has 0 spiro atoms. The Morgan fingerprint density at radius 2 is 2.00 bits per heavy atom. The molecule has 23 heavy (non-hydrogen) atoms. The molecule has 1 saturated carbocycles. The van der Waals surface area contributed by atoms with Crippen LogP contribution in [0.15, 0.2) is 24.3 Å². The Morgan fingerprint density at radius 3 is 2.57 bits per heavy atom. The monoisotopic (exact) mass is 337 g/mol. The maximum absolute atomic E-state index is 12.1. The first-order valence-electron chi connectivity index (χ1n) is 8.04. The molecule has 1 aromatic carbocycles.